The third-order valence-corrected chi connectivity index (χ3v) is 3.86. The van der Waals surface area contributed by atoms with Crippen LogP contribution in [0.25, 0.3) is 0 Å². The topological polar surface area (TPSA) is 24.9 Å². The van der Waals surface area contributed by atoms with Crippen LogP contribution in [-0.4, -0.2) is 4.98 Å². The summed E-state index contributed by atoms with van der Waals surface area (Å²) in [5, 5.41) is 5.35. The molecule has 1 heterocycles. The highest BCUT2D eigenvalue weighted by molar-refractivity contribution is 7.11. The average Bonchev–Trinajstić information content (AvgIpc) is 2.73. The highest BCUT2D eigenvalue weighted by Crippen LogP contribution is 2.22. The third kappa shape index (κ3) is 3.28. The van der Waals surface area contributed by atoms with Crippen molar-refractivity contribution in [3.05, 3.63) is 50.9 Å². The average molecular weight is 267 g/mol. The Kier molecular flexibility index (Phi) is 4.15. The first-order valence-electron chi connectivity index (χ1n) is 5.56. The molecular weight excluding hydrogens is 252 g/mol. The van der Waals surface area contributed by atoms with E-state index in [1.807, 2.05) is 30.5 Å². The number of hydrogen-bond acceptors (Lipinski definition) is 3. The molecule has 2 aromatic rings. The fraction of sp³-hybridized carbons (Fsp3) is 0.308. The number of rotatable bonds is 4. The molecule has 1 N–H and O–H groups in total. The van der Waals surface area contributed by atoms with Gasteiger partial charge in [-0.3, -0.25) is 0 Å². The van der Waals surface area contributed by atoms with Gasteiger partial charge in [0.1, 0.15) is 5.01 Å². The van der Waals surface area contributed by atoms with E-state index in [4.69, 9.17) is 11.6 Å². The number of aryl methyl sites for hydroxylation is 1. The summed E-state index contributed by atoms with van der Waals surface area (Å²) in [5.41, 5.74) is 1.13. The molecular formula is C13H15ClN2S. The molecule has 4 heteroatoms. The minimum absolute atomic E-state index is 0.230. The van der Waals surface area contributed by atoms with Gasteiger partial charge in [-0.2, -0.15) is 0 Å². The molecule has 1 unspecified atom stereocenters. The molecule has 0 aliphatic heterocycles. The highest BCUT2D eigenvalue weighted by Gasteiger charge is 2.09. The molecule has 0 amide bonds. The molecule has 0 saturated heterocycles. The van der Waals surface area contributed by atoms with E-state index in [2.05, 4.69) is 24.1 Å². The lowest BCUT2D eigenvalue weighted by Crippen LogP contribution is -2.18. The zero-order chi connectivity index (χ0) is 12.3. The van der Waals surface area contributed by atoms with Gasteiger partial charge in [0.2, 0.25) is 0 Å². The molecule has 0 fully saturated rings. The van der Waals surface area contributed by atoms with Crippen LogP contribution in [0.5, 0.6) is 0 Å². The zero-order valence-electron chi connectivity index (χ0n) is 9.90. The smallest absolute Gasteiger partial charge is 0.107 e. The van der Waals surface area contributed by atoms with Crippen molar-refractivity contribution in [2.75, 3.05) is 0 Å². The van der Waals surface area contributed by atoms with E-state index >= 15 is 0 Å². The van der Waals surface area contributed by atoms with Gasteiger partial charge in [0, 0.05) is 28.7 Å². The fourth-order valence-corrected chi connectivity index (χ4v) is 2.70. The summed E-state index contributed by atoms with van der Waals surface area (Å²) < 4.78 is 0. The van der Waals surface area contributed by atoms with Crippen LogP contribution in [-0.2, 0) is 6.54 Å². The molecule has 2 nitrogen and oxygen atoms in total. The van der Waals surface area contributed by atoms with Gasteiger partial charge in [0.05, 0.1) is 0 Å². The molecule has 0 radical (unpaired) electrons. The van der Waals surface area contributed by atoms with Gasteiger partial charge < -0.3 is 5.32 Å². The quantitative estimate of drug-likeness (QED) is 0.906. The first-order valence-corrected chi connectivity index (χ1v) is 6.75. The van der Waals surface area contributed by atoms with Crippen molar-refractivity contribution >= 4 is 22.9 Å². The minimum Gasteiger partial charge on any atom is -0.304 e. The molecule has 90 valence electrons. The van der Waals surface area contributed by atoms with Crippen molar-refractivity contribution in [2.24, 2.45) is 0 Å². The van der Waals surface area contributed by atoms with Crippen LogP contribution >= 0.6 is 22.9 Å². The lowest BCUT2D eigenvalue weighted by molar-refractivity contribution is 0.573. The maximum atomic E-state index is 6.15. The number of hydrogen-bond donors (Lipinski definition) is 1. The molecule has 1 atom stereocenters. The first-order chi connectivity index (χ1) is 8.16. The minimum atomic E-state index is 0.230. The molecule has 0 saturated carbocycles. The van der Waals surface area contributed by atoms with Crippen LogP contribution in [0.15, 0.2) is 30.5 Å². The van der Waals surface area contributed by atoms with Crippen molar-refractivity contribution in [1.29, 1.82) is 0 Å². The molecule has 0 aliphatic rings. The Bertz CT molecular complexity index is 496. The van der Waals surface area contributed by atoms with E-state index in [9.17, 15) is 0 Å². The van der Waals surface area contributed by atoms with Gasteiger partial charge in [-0.15, -0.1) is 11.3 Å². The van der Waals surface area contributed by atoms with Gasteiger partial charge in [-0.05, 0) is 25.5 Å². The number of thiazole rings is 1. The summed E-state index contributed by atoms with van der Waals surface area (Å²) in [7, 11) is 0. The number of benzene rings is 1. The zero-order valence-corrected chi connectivity index (χ0v) is 11.5. The Labute approximate surface area is 111 Å². The van der Waals surface area contributed by atoms with Crippen molar-refractivity contribution in [1.82, 2.24) is 10.3 Å². The van der Waals surface area contributed by atoms with E-state index in [1.165, 1.54) is 4.88 Å². The van der Waals surface area contributed by atoms with Crippen LogP contribution in [0.4, 0.5) is 0 Å². The molecule has 0 aliphatic carbocycles. The van der Waals surface area contributed by atoms with Gasteiger partial charge in [0.25, 0.3) is 0 Å². The number of nitrogens with one attached hydrogen (secondary N) is 1. The van der Waals surface area contributed by atoms with Crippen molar-refractivity contribution < 1.29 is 0 Å². The largest absolute Gasteiger partial charge is 0.304 e. The molecule has 1 aromatic heterocycles. The van der Waals surface area contributed by atoms with E-state index in [0.29, 0.717) is 0 Å². The predicted octanol–water partition coefficient (Wildman–Crippen LogP) is 3.96. The number of halogens is 1. The van der Waals surface area contributed by atoms with Gasteiger partial charge >= 0.3 is 0 Å². The van der Waals surface area contributed by atoms with Crippen molar-refractivity contribution in [3.63, 3.8) is 0 Å². The van der Waals surface area contributed by atoms with E-state index in [-0.39, 0.29) is 6.04 Å². The monoisotopic (exact) mass is 266 g/mol. The lowest BCUT2D eigenvalue weighted by atomic mass is 10.1. The summed E-state index contributed by atoms with van der Waals surface area (Å²) in [6, 6.07) is 8.15. The Morgan fingerprint density at radius 3 is 2.82 bits per heavy atom. The van der Waals surface area contributed by atoms with Crippen LogP contribution < -0.4 is 5.32 Å². The summed E-state index contributed by atoms with van der Waals surface area (Å²) in [4.78, 5) is 5.57. The standard InChI is InChI=1S/C13H15ClN2S/c1-9-7-16-13(17-9)8-15-10(2)11-5-3-4-6-12(11)14/h3-7,10,15H,8H2,1-2H3. The molecule has 0 spiro atoms. The second kappa shape index (κ2) is 5.63. The maximum absolute atomic E-state index is 6.15. The van der Waals surface area contributed by atoms with E-state index in [0.717, 1.165) is 22.1 Å². The summed E-state index contributed by atoms with van der Waals surface area (Å²) >= 11 is 7.87. The van der Waals surface area contributed by atoms with Gasteiger partial charge in [-0.1, -0.05) is 29.8 Å². The van der Waals surface area contributed by atoms with E-state index in [1.54, 1.807) is 11.3 Å². The Balaban J connectivity index is 1.98. The molecule has 2 rings (SSSR count). The van der Waals surface area contributed by atoms with Crippen molar-refractivity contribution in [2.45, 2.75) is 26.4 Å². The van der Waals surface area contributed by atoms with Gasteiger partial charge in [0.15, 0.2) is 0 Å². The second-order valence-corrected chi connectivity index (χ2v) is 5.72. The molecule has 17 heavy (non-hydrogen) atoms. The van der Waals surface area contributed by atoms with Crippen LogP contribution in [0.3, 0.4) is 0 Å². The van der Waals surface area contributed by atoms with Gasteiger partial charge in [-0.25, -0.2) is 4.98 Å². The number of nitrogens with zero attached hydrogens (tertiary/aromatic N) is 1. The maximum Gasteiger partial charge on any atom is 0.107 e. The van der Waals surface area contributed by atoms with Crippen LogP contribution in [0.1, 0.15) is 28.4 Å². The van der Waals surface area contributed by atoms with Crippen LogP contribution in [0.2, 0.25) is 5.02 Å². The number of aromatic nitrogens is 1. The van der Waals surface area contributed by atoms with Crippen LogP contribution in [0, 0.1) is 6.92 Å². The second-order valence-electron chi connectivity index (χ2n) is 3.99. The fourth-order valence-electron chi connectivity index (χ4n) is 1.66. The Morgan fingerprint density at radius 1 is 1.41 bits per heavy atom. The predicted molar refractivity (Wildman–Crippen MR) is 73.6 cm³/mol. The SMILES string of the molecule is Cc1cnc(CNC(C)c2ccccc2Cl)s1. The highest BCUT2D eigenvalue weighted by atomic mass is 35.5. The molecule has 0 bridgehead atoms. The normalized spacial score (nSPS) is 12.6. The summed E-state index contributed by atoms with van der Waals surface area (Å²) in [6.45, 7) is 4.96. The van der Waals surface area contributed by atoms with E-state index < -0.39 is 0 Å². The first kappa shape index (κ1) is 12.6. The lowest BCUT2D eigenvalue weighted by Gasteiger charge is -2.14. The molecule has 1 aromatic carbocycles. The Morgan fingerprint density at radius 2 is 2.18 bits per heavy atom. The summed E-state index contributed by atoms with van der Waals surface area (Å²) in [6.07, 6.45) is 1.90. The van der Waals surface area contributed by atoms with Crippen molar-refractivity contribution in [3.8, 4) is 0 Å². The third-order valence-electron chi connectivity index (χ3n) is 2.60. The summed E-state index contributed by atoms with van der Waals surface area (Å²) in [5.74, 6) is 0. The Hall–Kier alpha value is -0.900.